The van der Waals surface area contributed by atoms with Gasteiger partial charge in [0.05, 0.1) is 8.07 Å². The van der Waals surface area contributed by atoms with Crippen molar-refractivity contribution in [2.24, 2.45) is 47.3 Å². The van der Waals surface area contributed by atoms with Crippen LogP contribution in [0.5, 0.6) is 0 Å². The average Bonchev–Trinajstić information content (AvgIpc) is 3.24. The van der Waals surface area contributed by atoms with E-state index in [-0.39, 0.29) is 0 Å². The van der Waals surface area contributed by atoms with Crippen LogP contribution in [0.2, 0.25) is 23.7 Å². The Morgan fingerprint density at radius 2 is 0.771 bits per heavy atom. The smallest absolute Gasteiger partial charge is 0.0584 e. The summed E-state index contributed by atoms with van der Waals surface area (Å²) in [7, 11) is -1.67. The summed E-state index contributed by atoms with van der Waals surface area (Å²) in [5.41, 5.74) is 15.2. The average molecular weight is 493 g/mol. The summed E-state index contributed by atoms with van der Waals surface area (Å²) in [5, 5.41) is 0. The predicted octanol–water partition coefficient (Wildman–Crippen LogP) is 10.6. The minimum atomic E-state index is -1.67. The lowest BCUT2D eigenvalue weighted by Crippen LogP contribution is -2.49. The molecule has 0 aromatic carbocycles. The first-order chi connectivity index (χ1) is 16.2. The maximum Gasteiger partial charge on any atom is 0.0584 e. The molecule has 10 atom stereocenters. The number of hydrogen-bond acceptors (Lipinski definition) is 0. The van der Waals surface area contributed by atoms with Gasteiger partial charge in [0.25, 0.3) is 0 Å². The molecule has 4 rings (SSSR count). The molecule has 4 aliphatic rings. The molecule has 1 heteroatoms. The van der Waals surface area contributed by atoms with Crippen molar-refractivity contribution in [1.82, 2.24) is 0 Å². The molecule has 35 heavy (non-hydrogen) atoms. The van der Waals surface area contributed by atoms with Gasteiger partial charge < -0.3 is 0 Å². The SMILES string of the molecule is CCC[Si](C)(C1C(C)C(C)C2C(C)=C(C)C(C)=C(C)C21)C1C(C)C(C)C2C(C)=C(C)C(C)=C(C)C21. The Morgan fingerprint density at radius 3 is 1.06 bits per heavy atom. The zero-order chi connectivity index (χ0) is 26.3. The highest BCUT2D eigenvalue weighted by molar-refractivity contribution is 6.82. The second kappa shape index (κ2) is 9.18. The van der Waals surface area contributed by atoms with Crippen molar-refractivity contribution in [2.45, 2.75) is 120 Å². The van der Waals surface area contributed by atoms with E-state index in [0.29, 0.717) is 0 Å². The van der Waals surface area contributed by atoms with Gasteiger partial charge in [0.1, 0.15) is 0 Å². The molecule has 0 heterocycles. The van der Waals surface area contributed by atoms with Crippen LogP contribution in [0.4, 0.5) is 0 Å². The molecule has 2 fully saturated rings. The molecular formula is C34H56Si. The van der Waals surface area contributed by atoms with E-state index in [1.807, 2.05) is 0 Å². The predicted molar refractivity (Wildman–Crippen MR) is 158 cm³/mol. The molecule has 0 bridgehead atoms. The van der Waals surface area contributed by atoms with Gasteiger partial charge in [0, 0.05) is 0 Å². The van der Waals surface area contributed by atoms with Crippen LogP contribution in [0.25, 0.3) is 0 Å². The zero-order valence-corrected chi connectivity index (χ0v) is 26.7. The molecule has 0 saturated heterocycles. The summed E-state index contributed by atoms with van der Waals surface area (Å²) in [6.45, 7) is 35.7. The maximum absolute atomic E-state index is 2.91. The van der Waals surface area contributed by atoms with Gasteiger partial charge in [-0.15, -0.1) is 0 Å². The van der Waals surface area contributed by atoms with Crippen LogP contribution in [0.15, 0.2) is 44.6 Å². The molecule has 0 aromatic rings. The van der Waals surface area contributed by atoms with Crippen LogP contribution >= 0.6 is 0 Å². The van der Waals surface area contributed by atoms with Crippen LogP contribution in [-0.4, -0.2) is 8.07 Å². The molecule has 10 unspecified atom stereocenters. The third kappa shape index (κ3) is 3.56. The Kier molecular flexibility index (Phi) is 7.14. The number of hydrogen-bond donors (Lipinski definition) is 0. The Hall–Kier alpha value is -0.823. The number of fused-ring (bicyclic) bond motifs is 2. The van der Waals surface area contributed by atoms with Crippen molar-refractivity contribution in [2.75, 3.05) is 0 Å². The third-order valence-corrected chi connectivity index (χ3v) is 19.7. The van der Waals surface area contributed by atoms with Crippen LogP contribution in [0, 0.1) is 47.3 Å². The largest absolute Gasteiger partial charge is 0.0687 e. The van der Waals surface area contributed by atoms with Crippen LogP contribution < -0.4 is 0 Å². The minimum Gasteiger partial charge on any atom is -0.0687 e. The van der Waals surface area contributed by atoms with E-state index in [1.54, 1.807) is 44.6 Å². The van der Waals surface area contributed by atoms with Gasteiger partial charge in [-0.05, 0) is 136 Å². The minimum absolute atomic E-state index is 0.765. The highest BCUT2D eigenvalue weighted by atomic mass is 28.3. The fourth-order valence-corrected chi connectivity index (χ4v) is 18.5. The quantitative estimate of drug-likeness (QED) is 0.342. The van der Waals surface area contributed by atoms with Crippen molar-refractivity contribution in [1.29, 1.82) is 0 Å². The van der Waals surface area contributed by atoms with Gasteiger partial charge in [-0.3, -0.25) is 0 Å². The molecule has 0 amide bonds. The summed E-state index contributed by atoms with van der Waals surface area (Å²) in [6, 6.07) is 1.50. The monoisotopic (exact) mass is 492 g/mol. The summed E-state index contributed by atoms with van der Waals surface area (Å²) in [5.74, 6) is 6.33. The van der Waals surface area contributed by atoms with Crippen LogP contribution in [0.3, 0.4) is 0 Å². The normalized spacial score (nSPS) is 43.7. The topological polar surface area (TPSA) is 0 Å². The molecule has 0 aromatic heterocycles. The third-order valence-electron chi connectivity index (χ3n) is 13.3. The molecule has 4 aliphatic carbocycles. The number of rotatable bonds is 4. The lowest BCUT2D eigenvalue weighted by atomic mass is 9.72. The lowest BCUT2D eigenvalue weighted by molar-refractivity contribution is 0.370. The Morgan fingerprint density at radius 1 is 0.486 bits per heavy atom. The second-order valence-electron chi connectivity index (χ2n) is 14.1. The molecule has 2 saturated carbocycles. The van der Waals surface area contributed by atoms with Crippen LogP contribution in [-0.2, 0) is 0 Å². The Balaban J connectivity index is 1.91. The van der Waals surface area contributed by atoms with Gasteiger partial charge in [-0.2, -0.15) is 0 Å². The summed E-state index contributed by atoms with van der Waals surface area (Å²) in [4.78, 5) is 0. The second-order valence-corrected chi connectivity index (χ2v) is 18.9. The van der Waals surface area contributed by atoms with Crippen molar-refractivity contribution < 1.29 is 0 Å². The fourth-order valence-electron chi connectivity index (χ4n) is 10.8. The highest BCUT2D eigenvalue weighted by Gasteiger charge is 2.63. The molecular weight excluding hydrogens is 436 g/mol. The molecule has 0 nitrogen and oxygen atoms in total. The molecule has 0 radical (unpaired) electrons. The molecule has 0 spiro atoms. The summed E-state index contributed by atoms with van der Waals surface area (Å²) >= 11 is 0. The van der Waals surface area contributed by atoms with E-state index in [2.05, 4.69) is 96.6 Å². The zero-order valence-electron chi connectivity index (χ0n) is 25.7. The van der Waals surface area contributed by atoms with Crippen molar-refractivity contribution in [3.05, 3.63) is 44.6 Å². The van der Waals surface area contributed by atoms with Gasteiger partial charge in [-0.25, -0.2) is 0 Å². The van der Waals surface area contributed by atoms with E-state index in [0.717, 1.165) is 58.4 Å². The lowest BCUT2D eigenvalue weighted by Gasteiger charge is -2.50. The standard InChI is InChI=1S/C34H56Si/c1-15-16-35(14,33-27(12)25(10)29-21(6)17(2)19(4)23(8)31(29)33)34-28(13)26(11)30-22(7)18(3)20(5)24(9)32(30)34/h25-34H,15-16H2,1-14H3. The summed E-state index contributed by atoms with van der Waals surface area (Å²) in [6.07, 6.45) is 1.36. The first kappa shape index (κ1) is 27.2. The van der Waals surface area contributed by atoms with Crippen molar-refractivity contribution >= 4 is 8.07 Å². The van der Waals surface area contributed by atoms with Crippen LogP contribution in [0.1, 0.15) is 96.4 Å². The highest BCUT2D eigenvalue weighted by Crippen LogP contribution is 2.69. The van der Waals surface area contributed by atoms with Crippen molar-refractivity contribution in [3.8, 4) is 0 Å². The van der Waals surface area contributed by atoms with E-state index in [1.165, 1.54) is 12.5 Å². The Bertz CT molecular complexity index is 939. The summed E-state index contributed by atoms with van der Waals surface area (Å²) < 4.78 is 0. The Labute approximate surface area is 219 Å². The van der Waals surface area contributed by atoms with Gasteiger partial charge in [-0.1, -0.05) is 75.9 Å². The van der Waals surface area contributed by atoms with E-state index in [4.69, 9.17) is 0 Å². The van der Waals surface area contributed by atoms with E-state index >= 15 is 0 Å². The molecule has 0 aliphatic heterocycles. The fraction of sp³-hybridized carbons (Fsp3) is 0.765. The number of allylic oxidation sites excluding steroid dienone is 8. The first-order valence-electron chi connectivity index (χ1n) is 14.9. The van der Waals surface area contributed by atoms with Gasteiger partial charge in [0.15, 0.2) is 0 Å². The van der Waals surface area contributed by atoms with Gasteiger partial charge in [0.2, 0.25) is 0 Å². The van der Waals surface area contributed by atoms with Gasteiger partial charge >= 0.3 is 0 Å². The molecule has 196 valence electrons. The van der Waals surface area contributed by atoms with E-state index in [9.17, 15) is 0 Å². The first-order valence-corrected chi connectivity index (χ1v) is 17.8. The molecule has 0 N–H and O–H groups in total. The van der Waals surface area contributed by atoms with Crippen molar-refractivity contribution in [3.63, 3.8) is 0 Å². The van der Waals surface area contributed by atoms with E-state index < -0.39 is 8.07 Å². The maximum atomic E-state index is 2.91.